The van der Waals surface area contributed by atoms with Crippen molar-refractivity contribution in [2.45, 2.75) is 44.3 Å². The van der Waals surface area contributed by atoms with Gasteiger partial charge < -0.3 is 14.2 Å². The number of nitriles is 1. The number of hydrogen-bond acceptors (Lipinski definition) is 5. The van der Waals surface area contributed by atoms with Gasteiger partial charge in [0.1, 0.15) is 17.5 Å². The van der Waals surface area contributed by atoms with Gasteiger partial charge in [0.15, 0.2) is 0 Å². The van der Waals surface area contributed by atoms with Crippen LogP contribution in [-0.2, 0) is 13.2 Å². The third kappa shape index (κ3) is 4.60. The second-order valence-electron chi connectivity index (χ2n) is 9.23. The van der Waals surface area contributed by atoms with Crippen molar-refractivity contribution in [3.8, 4) is 23.1 Å². The molecule has 1 aliphatic heterocycles. The number of ether oxygens (including phenoxy) is 1. The largest absolute Gasteiger partial charge is 0.493 e. The average Bonchev–Trinajstić information content (AvgIpc) is 3.61. The van der Waals surface area contributed by atoms with Gasteiger partial charge in [-0.3, -0.25) is 0 Å². The smallest absolute Gasteiger partial charge is 0.419 e. The van der Waals surface area contributed by atoms with E-state index >= 15 is 0 Å². The number of benzene rings is 1. The van der Waals surface area contributed by atoms with Gasteiger partial charge in [0.2, 0.25) is 5.82 Å². The quantitative estimate of drug-likeness (QED) is 0.498. The van der Waals surface area contributed by atoms with Crippen molar-refractivity contribution in [3.63, 3.8) is 0 Å². The van der Waals surface area contributed by atoms with Crippen molar-refractivity contribution >= 4 is 11.0 Å². The Morgan fingerprint density at radius 3 is 2.56 bits per heavy atom. The van der Waals surface area contributed by atoms with Gasteiger partial charge in [0.25, 0.3) is 0 Å². The molecule has 0 atom stereocenters. The lowest BCUT2D eigenvalue weighted by atomic mass is 9.94. The van der Waals surface area contributed by atoms with Crippen LogP contribution in [0.5, 0.6) is 5.75 Å². The first-order valence-corrected chi connectivity index (χ1v) is 11.6. The number of rotatable bonds is 6. The highest BCUT2D eigenvalue weighted by Gasteiger charge is 2.35. The Balaban J connectivity index is 1.35. The van der Waals surface area contributed by atoms with Crippen molar-refractivity contribution in [2.24, 2.45) is 13.0 Å². The molecule has 1 saturated carbocycles. The van der Waals surface area contributed by atoms with Gasteiger partial charge in [-0.05, 0) is 75.4 Å². The summed E-state index contributed by atoms with van der Waals surface area (Å²) in [4.78, 5) is 10.9. The minimum atomic E-state index is -4.58. The van der Waals surface area contributed by atoms with Crippen molar-refractivity contribution in [3.05, 3.63) is 41.9 Å². The number of fused-ring (bicyclic) bond motifs is 1. The Kier molecular flexibility index (Phi) is 5.94. The summed E-state index contributed by atoms with van der Waals surface area (Å²) < 4.78 is 49.2. The van der Waals surface area contributed by atoms with E-state index < -0.39 is 11.7 Å². The zero-order chi connectivity index (χ0) is 23.9. The molecule has 0 radical (unpaired) electrons. The van der Waals surface area contributed by atoms with E-state index in [1.165, 1.54) is 18.9 Å². The highest BCUT2D eigenvalue weighted by atomic mass is 19.4. The molecule has 2 aliphatic rings. The Morgan fingerprint density at radius 2 is 1.88 bits per heavy atom. The number of nitrogens with zero attached hydrogens (tertiary/aromatic N) is 5. The van der Waals surface area contributed by atoms with Crippen molar-refractivity contribution in [2.75, 3.05) is 19.7 Å². The van der Waals surface area contributed by atoms with Crippen molar-refractivity contribution in [1.82, 2.24) is 19.4 Å². The molecule has 1 aliphatic carbocycles. The zero-order valence-corrected chi connectivity index (χ0v) is 19.0. The van der Waals surface area contributed by atoms with Gasteiger partial charge in [-0.1, -0.05) is 0 Å². The Bertz CT molecular complexity index is 1230. The standard InChI is InChI=1S/C25H26F3N5O/c1-32-10-8-19-23(30-22(15-29)31-24(19)32)17-2-5-21(20(14-17)25(26,27)28)34-13-9-16-6-11-33(12-7-16)18-3-4-18/h2,5,8,10,14,16,18H,3-4,6-7,9,11-13H2,1H3. The van der Waals surface area contributed by atoms with Gasteiger partial charge in [-0.2, -0.15) is 18.4 Å². The van der Waals surface area contributed by atoms with Crippen LogP contribution >= 0.6 is 0 Å². The highest BCUT2D eigenvalue weighted by Crippen LogP contribution is 2.40. The van der Waals surface area contributed by atoms with Crippen LogP contribution in [0, 0.1) is 17.2 Å². The van der Waals surface area contributed by atoms with Crippen molar-refractivity contribution in [1.29, 1.82) is 5.26 Å². The Hall–Kier alpha value is -3.12. The monoisotopic (exact) mass is 469 g/mol. The van der Waals surface area contributed by atoms with E-state index in [0.29, 0.717) is 22.6 Å². The molecule has 5 rings (SSSR count). The second-order valence-corrected chi connectivity index (χ2v) is 9.23. The van der Waals surface area contributed by atoms with E-state index in [-0.39, 0.29) is 23.7 Å². The molecule has 178 valence electrons. The summed E-state index contributed by atoms with van der Waals surface area (Å²) in [7, 11) is 1.76. The normalized spacial score (nSPS) is 17.7. The van der Waals surface area contributed by atoms with Crippen molar-refractivity contribution < 1.29 is 17.9 Å². The molecule has 0 spiro atoms. The first-order valence-electron chi connectivity index (χ1n) is 11.6. The molecule has 2 aromatic heterocycles. The molecule has 0 bridgehead atoms. The number of aromatic nitrogens is 3. The van der Waals surface area contributed by atoms with E-state index in [1.54, 1.807) is 29.9 Å². The van der Waals surface area contributed by atoms with Crippen LogP contribution in [0.4, 0.5) is 13.2 Å². The van der Waals surface area contributed by atoms with Crippen LogP contribution < -0.4 is 4.74 Å². The van der Waals surface area contributed by atoms with Crippen LogP contribution in [0.1, 0.15) is 43.5 Å². The summed E-state index contributed by atoms with van der Waals surface area (Å²) in [6.07, 6.45) is 2.65. The summed E-state index contributed by atoms with van der Waals surface area (Å²) in [5.74, 6) is 0.219. The summed E-state index contributed by atoms with van der Waals surface area (Å²) in [6, 6.07) is 8.36. The van der Waals surface area contributed by atoms with Gasteiger partial charge in [0.05, 0.1) is 17.9 Å². The van der Waals surface area contributed by atoms with E-state index in [0.717, 1.165) is 44.5 Å². The molecule has 0 amide bonds. The molecular weight excluding hydrogens is 443 g/mol. The first kappa shape index (κ1) is 22.7. The lowest BCUT2D eigenvalue weighted by Crippen LogP contribution is -2.35. The molecule has 0 unspecified atom stereocenters. The van der Waals surface area contributed by atoms with Crippen LogP contribution in [-0.4, -0.2) is 45.2 Å². The fourth-order valence-electron chi connectivity index (χ4n) is 4.81. The number of piperidine rings is 1. The third-order valence-electron chi connectivity index (χ3n) is 6.88. The SMILES string of the molecule is Cn1ccc2c(-c3ccc(OCCC4CCN(C5CC5)CC4)c(C(F)(F)F)c3)nc(C#N)nc21. The van der Waals surface area contributed by atoms with Gasteiger partial charge >= 0.3 is 6.18 Å². The highest BCUT2D eigenvalue weighted by molar-refractivity contribution is 5.91. The summed E-state index contributed by atoms with van der Waals surface area (Å²) in [6.45, 7) is 2.41. The van der Waals surface area contributed by atoms with Crippen LogP contribution in [0.15, 0.2) is 30.5 Å². The second kappa shape index (κ2) is 8.91. The van der Waals surface area contributed by atoms with E-state index in [2.05, 4.69) is 14.9 Å². The number of aryl methyl sites for hydroxylation is 1. The molecule has 3 heterocycles. The summed E-state index contributed by atoms with van der Waals surface area (Å²) in [5.41, 5.74) is 0.210. The maximum Gasteiger partial charge on any atom is 0.419 e. The zero-order valence-electron chi connectivity index (χ0n) is 19.0. The lowest BCUT2D eigenvalue weighted by molar-refractivity contribution is -0.138. The molecule has 1 aromatic carbocycles. The van der Waals surface area contributed by atoms with E-state index in [9.17, 15) is 18.4 Å². The summed E-state index contributed by atoms with van der Waals surface area (Å²) in [5, 5.41) is 9.87. The molecule has 6 nitrogen and oxygen atoms in total. The van der Waals surface area contributed by atoms with Crippen LogP contribution in [0.2, 0.25) is 0 Å². The van der Waals surface area contributed by atoms with Gasteiger partial charge in [-0.15, -0.1) is 0 Å². The average molecular weight is 470 g/mol. The number of halogens is 3. The minimum absolute atomic E-state index is 0.0917. The predicted molar refractivity (Wildman–Crippen MR) is 121 cm³/mol. The third-order valence-corrected chi connectivity index (χ3v) is 6.88. The Labute approximate surface area is 196 Å². The fraction of sp³-hybridized carbons (Fsp3) is 0.480. The molecule has 1 saturated heterocycles. The topological polar surface area (TPSA) is 67.0 Å². The van der Waals surface area contributed by atoms with E-state index in [4.69, 9.17) is 4.74 Å². The number of likely N-dealkylation sites (tertiary alicyclic amines) is 1. The van der Waals surface area contributed by atoms with Crippen LogP contribution in [0.25, 0.3) is 22.3 Å². The van der Waals surface area contributed by atoms with E-state index in [1.807, 2.05) is 6.07 Å². The molecule has 9 heteroatoms. The van der Waals surface area contributed by atoms with Gasteiger partial charge in [0, 0.05) is 30.2 Å². The minimum Gasteiger partial charge on any atom is -0.493 e. The molecule has 34 heavy (non-hydrogen) atoms. The molecule has 2 fully saturated rings. The maximum atomic E-state index is 13.9. The first-order chi connectivity index (χ1) is 16.3. The maximum absolute atomic E-state index is 13.9. The fourth-order valence-corrected chi connectivity index (χ4v) is 4.81. The van der Waals surface area contributed by atoms with Crippen LogP contribution in [0.3, 0.4) is 0 Å². The Morgan fingerprint density at radius 1 is 1.12 bits per heavy atom. The van der Waals surface area contributed by atoms with Gasteiger partial charge in [-0.25, -0.2) is 9.97 Å². The molecular formula is C25H26F3N5O. The lowest BCUT2D eigenvalue weighted by Gasteiger charge is -2.32. The number of hydrogen-bond donors (Lipinski definition) is 0. The number of alkyl halides is 3. The molecule has 3 aromatic rings. The summed E-state index contributed by atoms with van der Waals surface area (Å²) >= 11 is 0. The molecule has 0 N–H and O–H groups in total. The predicted octanol–water partition coefficient (Wildman–Crippen LogP) is 5.17.